The number of hydrogen-bond donors (Lipinski definition) is 0. The fourth-order valence-corrected chi connectivity index (χ4v) is 2.53. The van der Waals surface area contributed by atoms with Gasteiger partial charge in [0.1, 0.15) is 11.6 Å². The van der Waals surface area contributed by atoms with Crippen LogP contribution in [-0.2, 0) is 4.74 Å². The number of ether oxygens (including phenoxy) is 1. The zero-order valence-corrected chi connectivity index (χ0v) is 9.46. The van der Waals surface area contributed by atoms with Crippen molar-refractivity contribution in [3.8, 4) is 0 Å². The van der Waals surface area contributed by atoms with Gasteiger partial charge in [0.2, 0.25) is 0 Å². The quantitative estimate of drug-likeness (QED) is 0.414. The minimum Gasteiger partial charge on any atom is -0.364 e. The average Bonchev–Trinajstić information content (AvgIpc) is 2.84. The van der Waals surface area contributed by atoms with Crippen LogP contribution in [0.1, 0.15) is 25.7 Å². The molecule has 0 bridgehead atoms. The maximum Gasteiger partial charge on any atom is 0.113 e. The highest BCUT2D eigenvalue weighted by Crippen LogP contribution is 2.44. The van der Waals surface area contributed by atoms with Crippen LogP contribution in [0.25, 0.3) is 0 Å². The van der Waals surface area contributed by atoms with E-state index in [0.29, 0.717) is 6.61 Å². The summed E-state index contributed by atoms with van der Waals surface area (Å²) in [7, 11) is 0. The Labute approximate surface area is 94.9 Å². The van der Waals surface area contributed by atoms with E-state index in [0.717, 1.165) is 24.1 Å². The van der Waals surface area contributed by atoms with E-state index in [9.17, 15) is 0 Å². The van der Waals surface area contributed by atoms with Crippen LogP contribution in [0, 0.1) is 0 Å². The Morgan fingerprint density at radius 1 is 1.47 bits per heavy atom. The van der Waals surface area contributed by atoms with Gasteiger partial charge in [-0.1, -0.05) is 12.8 Å². The Kier molecular flexibility index (Phi) is 3.22. The Morgan fingerprint density at radius 2 is 2.20 bits per heavy atom. The summed E-state index contributed by atoms with van der Waals surface area (Å²) in [5.41, 5.74) is 1.86. The maximum absolute atomic E-state index is 5.87. The molecular formula is C11H15ClN2O. The minimum absolute atomic E-state index is 0.157. The molecule has 0 aromatic carbocycles. The molecule has 4 heteroatoms. The third-order valence-electron chi connectivity index (χ3n) is 3.13. The van der Waals surface area contributed by atoms with E-state index in [4.69, 9.17) is 16.3 Å². The third-order valence-corrected chi connectivity index (χ3v) is 3.26. The molecule has 0 N–H and O–H groups in total. The van der Waals surface area contributed by atoms with E-state index >= 15 is 0 Å². The lowest BCUT2D eigenvalue weighted by molar-refractivity contribution is 0.0233. The standard InChI is InChI=1S/C11H15ClN2O/c1-13-10-9(6-14-8-12)7-15-11(10)4-2-3-5-11/h6H,1-5,7-8H2/b14-6-. The highest BCUT2D eigenvalue weighted by molar-refractivity contribution is 6.18. The van der Waals surface area contributed by atoms with Crippen LogP contribution in [0.4, 0.5) is 0 Å². The number of rotatable bonds is 3. The lowest BCUT2D eigenvalue weighted by Crippen LogP contribution is -2.26. The van der Waals surface area contributed by atoms with Crippen LogP contribution < -0.4 is 0 Å². The van der Waals surface area contributed by atoms with Crippen LogP contribution in [0.15, 0.2) is 21.3 Å². The molecule has 0 amide bonds. The van der Waals surface area contributed by atoms with Gasteiger partial charge in [-0.15, -0.1) is 11.6 Å². The zero-order valence-electron chi connectivity index (χ0n) is 8.71. The van der Waals surface area contributed by atoms with Crippen LogP contribution in [0.3, 0.4) is 0 Å². The Balaban J connectivity index is 2.27. The first-order valence-corrected chi connectivity index (χ1v) is 5.76. The summed E-state index contributed by atoms with van der Waals surface area (Å²) in [4.78, 5) is 8.15. The molecule has 1 aliphatic heterocycles. The molecule has 0 aromatic heterocycles. The Hall–Kier alpha value is -0.670. The lowest BCUT2D eigenvalue weighted by atomic mass is 9.97. The number of aliphatic imine (C=N–C) groups is 2. The Bertz CT molecular complexity index is 317. The van der Waals surface area contributed by atoms with Crippen molar-refractivity contribution in [1.29, 1.82) is 0 Å². The molecule has 1 saturated carbocycles. The minimum atomic E-state index is -0.157. The third kappa shape index (κ3) is 1.86. The molecule has 0 radical (unpaired) electrons. The summed E-state index contributed by atoms with van der Waals surface area (Å²) in [6.07, 6.45) is 6.29. The maximum atomic E-state index is 5.87. The molecular weight excluding hydrogens is 212 g/mol. The van der Waals surface area contributed by atoms with Crippen molar-refractivity contribution < 1.29 is 4.74 Å². The largest absolute Gasteiger partial charge is 0.364 e. The number of halogens is 1. The second-order valence-corrected chi connectivity index (χ2v) is 4.19. The van der Waals surface area contributed by atoms with Gasteiger partial charge >= 0.3 is 0 Å². The van der Waals surface area contributed by atoms with Gasteiger partial charge in [-0.25, -0.2) is 0 Å². The van der Waals surface area contributed by atoms with Crippen LogP contribution in [0.5, 0.6) is 0 Å². The highest BCUT2D eigenvalue weighted by Gasteiger charge is 2.43. The van der Waals surface area contributed by atoms with Crippen molar-refractivity contribution >= 4 is 24.5 Å². The fourth-order valence-electron chi connectivity index (χ4n) is 2.46. The summed E-state index contributed by atoms with van der Waals surface area (Å²) in [6, 6.07) is 0.279. The van der Waals surface area contributed by atoms with Gasteiger partial charge in [-0.3, -0.25) is 9.98 Å². The monoisotopic (exact) mass is 226 g/mol. The van der Waals surface area contributed by atoms with Gasteiger partial charge in [-0.2, -0.15) is 0 Å². The second kappa shape index (κ2) is 4.45. The van der Waals surface area contributed by atoms with Crippen molar-refractivity contribution in [2.75, 3.05) is 12.6 Å². The summed E-state index contributed by atoms with van der Waals surface area (Å²) in [5.74, 6) is 0. The Morgan fingerprint density at radius 3 is 2.80 bits per heavy atom. The summed E-state index contributed by atoms with van der Waals surface area (Å²) < 4.78 is 5.87. The topological polar surface area (TPSA) is 34.0 Å². The summed E-state index contributed by atoms with van der Waals surface area (Å²) in [6.45, 7) is 4.23. The molecule has 1 spiro atoms. The zero-order chi connectivity index (χ0) is 10.7. The number of alkyl halides is 1. The first-order chi connectivity index (χ1) is 7.32. The molecule has 1 heterocycles. The SMILES string of the molecule is C=NC1=C(/C=N\CCl)COC12CCCC2. The van der Waals surface area contributed by atoms with E-state index in [1.54, 1.807) is 6.21 Å². The van der Waals surface area contributed by atoms with E-state index in [1.807, 2.05) is 0 Å². The number of nitrogens with zero attached hydrogens (tertiary/aromatic N) is 2. The van der Waals surface area contributed by atoms with Gasteiger partial charge in [0.25, 0.3) is 0 Å². The summed E-state index contributed by atoms with van der Waals surface area (Å²) in [5, 5.41) is 0. The van der Waals surface area contributed by atoms with Gasteiger partial charge in [0, 0.05) is 11.8 Å². The fraction of sp³-hybridized carbons (Fsp3) is 0.636. The molecule has 2 rings (SSSR count). The van der Waals surface area contributed by atoms with Gasteiger partial charge in [-0.05, 0) is 19.6 Å². The van der Waals surface area contributed by atoms with Crippen molar-refractivity contribution in [3.63, 3.8) is 0 Å². The van der Waals surface area contributed by atoms with Crippen LogP contribution in [0.2, 0.25) is 0 Å². The van der Waals surface area contributed by atoms with Crippen LogP contribution >= 0.6 is 11.6 Å². The van der Waals surface area contributed by atoms with Crippen molar-refractivity contribution in [1.82, 2.24) is 0 Å². The van der Waals surface area contributed by atoms with Crippen molar-refractivity contribution in [3.05, 3.63) is 11.3 Å². The molecule has 2 aliphatic rings. The summed E-state index contributed by atoms with van der Waals surface area (Å²) >= 11 is 5.51. The first kappa shape index (κ1) is 10.8. The molecule has 0 saturated heterocycles. The highest BCUT2D eigenvalue weighted by atomic mass is 35.5. The average molecular weight is 227 g/mol. The second-order valence-electron chi connectivity index (χ2n) is 3.95. The molecule has 1 fully saturated rings. The molecule has 0 aromatic rings. The normalized spacial score (nSPS) is 24.6. The van der Waals surface area contributed by atoms with Gasteiger partial charge in [0.15, 0.2) is 0 Å². The first-order valence-electron chi connectivity index (χ1n) is 5.22. The molecule has 0 atom stereocenters. The van der Waals surface area contributed by atoms with E-state index in [1.165, 1.54) is 12.8 Å². The molecule has 3 nitrogen and oxygen atoms in total. The lowest BCUT2D eigenvalue weighted by Gasteiger charge is -2.23. The molecule has 1 aliphatic carbocycles. The predicted octanol–water partition coefficient (Wildman–Crippen LogP) is 2.55. The molecule has 82 valence electrons. The molecule has 0 unspecified atom stereocenters. The predicted molar refractivity (Wildman–Crippen MR) is 62.9 cm³/mol. The van der Waals surface area contributed by atoms with Crippen LogP contribution in [-0.4, -0.2) is 31.1 Å². The van der Waals surface area contributed by atoms with Gasteiger partial charge < -0.3 is 4.74 Å². The van der Waals surface area contributed by atoms with Crippen molar-refractivity contribution in [2.45, 2.75) is 31.3 Å². The smallest absolute Gasteiger partial charge is 0.113 e. The van der Waals surface area contributed by atoms with E-state index in [-0.39, 0.29) is 11.6 Å². The van der Waals surface area contributed by atoms with E-state index in [2.05, 4.69) is 16.7 Å². The number of hydrogen-bond acceptors (Lipinski definition) is 3. The van der Waals surface area contributed by atoms with E-state index < -0.39 is 0 Å². The van der Waals surface area contributed by atoms with Crippen molar-refractivity contribution in [2.24, 2.45) is 9.98 Å². The van der Waals surface area contributed by atoms with Gasteiger partial charge in [0.05, 0.1) is 12.3 Å². The molecule has 15 heavy (non-hydrogen) atoms.